The number of azo groups is 2. The molecule has 0 unspecified atom stereocenters. The number of guanidine groups is 2. The summed E-state index contributed by atoms with van der Waals surface area (Å²) in [7, 11) is 0. The SMILES string of the molecule is CC1(C)C2=N/C(=N\c3nnc([n-]3)C(C)(C)C3=N/C(=N\c4nnc1[n-]4)N=N3)N=N2.[Pt+2]. The van der Waals surface area contributed by atoms with Crippen LogP contribution in [-0.4, -0.2) is 44.0 Å². The molecule has 0 aliphatic carbocycles. The van der Waals surface area contributed by atoms with Crippen molar-refractivity contribution in [2.24, 2.45) is 40.4 Å². The summed E-state index contributed by atoms with van der Waals surface area (Å²) in [5.41, 5.74) is -1.54. The Morgan fingerprint density at radius 2 is 0.966 bits per heavy atom. The first kappa shape index (κ1) is 19.2. The van der Waals surface area contributed by atoms with Gasteiger partial charge in [-0.05, 0) is 27.7 Å². The Balaban J connectivity index is 0.00000205. The van der Waals surface area contributed by atoms with E-state index in [0.717, 1.165) is 0 Å². The van der Waals surface area contributed by atoms with Crippen LogP contribution in [0.25, 0.3) is 0 Å². The Hall–Kier alpha value is -3.15. The zero-order chi connectivity index (χ0) is 19.5. The van der Waals surface area contributed by atoms with Gasteiger partial charge in [-0.1, -0.05) is 0 Å². The average molecular weight is 571 g/mol. The molecular formula is C14H12N14Pt. The van der Waals surface area contributed by atoms with Crippen molar-refractivity contribution in [1.29, 1.82) is 0 Å². The van der Waals surface area contributed by atoms with Crippen LogP contribution in [0.4, 0.5) is 11.9 Å². The van der Waals surface area contributed by atoms with Crippen LogP contribution in [0.5, 0.6) is 0 Å². The molecule has 3 aliphatic rings. The fourth-order valence-corrected chi connectivity index (χ4v) is 2.55. The first-order valence-corrected chi connectivity index (χ1v) is 8.27. The van der Waals surface area contributed by atoms with Crippen molar-refractivity contribution in [1.82, 2.24) is 30.4 Å². The molecule has 3 aliphatic heterocycles. The maximum Gasteiger partial charge on any atom is 2.00 e. The van der Waals surface area contributed by atoms with E-state index in [-0.39, 0.29) is 44.9 Å². The third-order valence-corrected chi connectivity index (χ3v) is 4.40. The van der Waals surface area contributed by atoms with Gasteiger partial charge in [0.05, 0.1) is 22.7 Å². The molecule has 15 heteroatoms. The molecule has 0 amide bonds. The summed E-state index contributed by atoms with van der Waals surface area (Å²) < 4.78 is 0. The van der Waals surface area contributed by atoms with Crippen molar-refractivity contribution in [3.8, 4) is 0 Å². The number of aliphatic imine (C=N–C) groups is 4. The molecule has 2 aromatic rings. The van der Waals surface area contributed by atoms with Gasteiger partial charge in [0.15, 0.2) is 11.7 Å². The third kappa shape index (κ3) is 3.08. The monoisotopic (exact) mass is 571 g/mol. The van der Waals surface area contributed by atoms with Crippen LogP contribution in [0, 0.1) is 0 Å². The largest absolute Gasteiger partial charge is 2.00 e. The van der Waals surface area contributed by atoms with Crippen LogP contribution in [0.15, 0.2) is 40.4 Å². The molecule has 5 rings (SSSR count). The third-order valence-electron chi connectivity index (χ3n) is 4.40. The van der Waals surface area contributed by atoms with Crippen LogP contribution < -0.4 is 9.97 Å². The zero-order valence-electron chi connectivity index (χ0n) is 15.6. The standard InChI is InChI=1S/C14H12N14.Pt/c1-13(2)5-15-9(25-21-5)19-11-17-7(23-27-11)14(3,4)8-18-12(28-24-8)20-10-16-6(13)22-26-10;/h1-4H3;/q-2;+2/b19-9+,20-12+;. The second-order valence-corrected chi connectivity index (χ2v) is 7.22. The van der Waals surface area contributed by atoms with Crippen molar-refractivity contribution in [2.75, 3.05) is 0 Å². The van der Waals surface area contributed by atoms with Gasteiger partial charge in [0.2, 0.25) is 11.9 Å². The molecule has 5 heterocycles. The minimum absolute atomic E-state index is 0. The predicted molar refractivity (Wildman–Crippen MR) is 95.5 cm³/mol. The van der Waals surface area contributed by atoms with Crippen molar-refractivity contribution in [3.05, 3.63) is 11.6 Å². The molecule has 0 saturated carbocycles. The Bertz CT molecular complexity index is 1080. The van der Waals surface area contributed by atoms with Gasteiger partial charge in [-0.3, -0.25) is 30.4 Å². The molecule has 14 nitrogen and oxygen atoms in total. The maximum atomic E-state index is 4.34. The number of nitrogens with zero attached hydrogens (tertiary/aromatic N) is 14. The minimum atomic E-state index is -0.771. The Morgan fingerprint density at radius 1 is 0.552 bits per heavy atom. The van der Waals surface area contributed by atoms with Crippen molar-refractivity contribution in [3.63, 3.8) is 0 Å². The number of amidine groups is 2. The Morgan fingerprint density at radius 3 is 1.38 bits per heavy atom. The first-order chi connectivity index (χ1) is 13.3. The molecule has 0 fully saturated rings. The van der Waals surface area contributed by atoms with E-state index in [9.17, 15) is 0 Å². The molecule has 0 atom stereocenters. The Labute approximate surface area is 177 Å². The Kier molecular flexibility index (Phi) is 4.26. The minimum Gasteiger partial charge on any atom is -0.317 e. The number of aromatic nitrogens is 6. The topological polar surface area (TPSA) is 179 Å². The normalized spacial score (nSPS) is 24.1. The van der Waals surface area contributed by atoms with E-state index in [1.165, 1.54) is 0 Å². The fourth-order valence-electron chi connectivity index (χ4n) is 2.55. The summed E-state index contributed by atoms with van der Waals surface area (Å²) in [6.07, 6.45) is 0. The van der Waals surface area contributed by atoms with Gasteiger partial charge in [-0.2, -0.15) is 0 Å². The molecule has 29 heavy (non-hydrogen) atoms. The van der Waals surface area contributed by atoms with Crippen LogP contribution in [0.3, 0.4) is 0 Å². The van der Waals surface area contributed by atoms with Crippen LogP contribution in [0.2, 0.25) is 0 Å². The zero-order valence-corrected chi connectivity index (χ0v) is 17.8. The molecule has 148 valence electrons. The summed E-state index contributed by atoms with van der Waals surface area (Å²) in [5, 5.41) is 32.3. The summed E-state index contributed by atoms with van der Waals surface area (Å²) in [4.78, 5) is 25.7. The van der Waals surface area contributed by atoms with E-state index in [4.69, 9.17) is 0 Å². The van der Waals surface area contributed by atoms with Gasteiger partial charge >= 0.3 is 21.1 Å². The molecule has 0 radical (unpaired) electrons. The van der Waals surface area contributed by atoms with Crippen molar-refractivity contribution >= 4 is 35.5 Å². The molecule has 0 N–H and O–H groups in total. The van der Waals surface area contributed by atoms with E-state index in [1.807, 2.05) is 27.7 Å². The smallest absolute Gasteiger partial charge is 0.317 e. The second-order valence-electron chi connectivity index (χ2n) is 7.22. The van der Waals surface area contributed by atoms with Crippen LogP contribution in [0.1, 0.15) is 39.3 Å². The first-order valence-electron chi connectivity index (χ1n) is 8.27. The van der Waals surface area contributed by atoms with Gasteiger partial charge in [0, 0.05) is 11.6 Å². The van der Waals surface area contributed by atoms with E-state index >= 15 is 0 Å². The predicted octanol–water partition coefficient (Wildman–Crippen LogP) is 1.15. The van der Waals surface area contributed by atoms with Crippen LogP contribution in [-0.2, 0) is 31.9 Å². The molecular weight excluding hydrogens is 559 g/mol. The number of rotatable bonds is 0. The fraction of sp³-hybridized carbons (Fsp3) is 0.429. The van der Waals surface area contributed by atoms with Gasteiger partial charge in [0.25, 0.3) is 0 Å². The van der Waals surface area contributed by atoms with Gasteiger partial charge in [-0.25, -0.2) is 9.98 Å². The average Bonchev–Trinajstić information content (AvgIpc) is 3.42. The second kappa shape index (κ2) is 6.44. The molecule has 2 aromatic heterocycles. The van der Waals surface area contributed by atoms with Crippen molar-refractivity contribution < 1.29 is 21.1 Å². The summed E-state index contributed by atoms with van der Waals surface area (Å²) >= 11 is 0. The van der Waals surface area contributed by atoms with Crippen LogP contribution >= 0.6 is 0 Å². The van der Waals surface area contributed by atoms with E-state index in [2.05, 4.69) is 70.8 Å². The molecule has 0 saturated heterocycles. The number of hydrogen-bond acceptors (Lipinski definition) is 12. The molecule has 0 spiro atoms. The molecule has 8 bridgehead atoms. The van der Waals surface area contributed by atoms with Gasteiger partial charge in [0.1, 0.15) is 0 Å². The van der Waals surface area contributed by atoms with E-state index < -0.39 is 10.8 Å². The quantitative estimate of drug-likeness (QED) is 0.458. The van der Waals surface area contributed by atoms with E-state index in [1.54, 1.807) is 0 Å². The summed E-state index contributed by atoms with van der Waals surface area (Å²) in [6, 6.07) is 0. The van der Waals surface area contributed by atoms with Gasteiger partial charge in [-0.15, -0.1) is 20.5 Å². The van der Waals surface area contributed by atoms with E-state index in [0.29, 0.717) is 23.3 Å². The summed E-state index contributed by atoms with van der Waals surface area (Å²) in [5.74, 6) is 1.98. The number of hydrogen-bond donors (Lipinski definition) is 0. The summed E-state index contributed by atoms with van der Waals surface area (Å²) in [6.45, 7) is 7.38. The van der Waals surface area contributed by atoms with Gasteiger partial charge < -0.3 is 9.97 Å². The van der Waals surface area contributed by atoms with Crippen molar-refractivity contribution in [2.45, 2.75) is 38.5 Å². The molecule has 0 aromatic carbocycles. The number of fused-ring (bicyclic) bond motifs is 6. The maximum absolute atomic E-state index is 4.34.